The molecule has 1 amide bonds. The number of hydrogen-bond acceptors (Lipinski definition) is 3. The Bertz CT molecular complexity index is 1570. The van der Waals surface area contributed by atoms with Gasteiger partial charge in [-0.1, -0.05) is 84.9 Å². The first-order valence-corrected chi connectivity index (χ1v) is 12.0. The van der Waals surface area contributed by atoms with E-state index >= 15 is 0 Å². The smallest absolute Gasteiger partial charge is 0.326 e. The van der Waals surface area contributed by atoms with Crippen LogP contribution in [0, 0.1) is 0 Å². The largest absolute Gasteiger partial charge is 0.480 e. The molecule has 0 radical (unpaired) electrons. The van der Waals surface area contributed by atoms with Crippen molar-refractivity contribution >= 4 is 28.7 Å². The molecule has 182 valence electrons. The van der Waals surface area contributed by atoms with Crippen LogP contribution in [0.3, 0.4) is 0 Å². The second-order valence-corrected chi connectivity index (χ2v) is 8.70. The Labute approximate surface area is 214 Å². The van der Waals surface area contributed by atoms with Crippen molar-refractivity contribution in [1.82, 2.24) is 15.1 Å². The maximum Gasteiger partial charge on any atom is 0.326 e. The molecule has 6 nitrogen and oxygen atoms in total. The molecule has 5 rings (SSSR count). The van der Waals surface area contributed by atoms with E-state index in [1.165, 1.54) is 6.08 Å². The van der Waals surface area contributed by atoms with E-state index in [0.717, 1.165) is 38.8 Å². The van der Waals surface area contributed by atoms with E-state index < -0.39 is 17.9 Å². The Kier molecular flexibility index (Phi) is 6.90. The van der Waals surface area contributed by atoms with Gasteiger partial charge in [0.05, 0.1) is 11.4 Å². The first-order chi connectivity index (χ1) is 18.1. The summed E-state index contributed by atoms with van der Waals surface area (Å²) in [6, 6.07) is 32.2. The van der Waals surface area contributed by atoms with Crippen LogP contribution in [0.5, 0.6) is 0 Å². The van der Waals surface area contributed by atoms with Crippen LogP contribution < -0.4 is 5.32 Å². The van der Waals surface area contributed by atoms with Crippen LogP contribution in [0.2, 0.25) is 0 Å². The van der Waals surface area contributed by atoms with Gasteiger partial charge in [-0.2, -0.15) is 5.10 Å². The van der Waals surface area contributed by atoms with E-state index in [1.807, 2.05) is 91.1 Å². The number of carboxylic acid groups (broad SMARTS) is 1. The molecule has 0 bridgehead atoms. The average molecular weight is 488 g/mol. The van der Waals surface area contributed by atoms with Crippen molar-refractivity contribution in [3.63, 3.8) is 0 Å². The second kappa shape index (κ2) is 10.7. The summed E-state index contributed by atoms with van der Waals surface area (Å²) >= 11 is 0. The fraction of sp³-hybridized carbons (Fsp3) is 0.0645. The first kappa shape index (κ1) is 23.8. The van der Waals surface area contributed by atoms with Gasteiger partial charge in [0.2, 0.25) is 5.91 Å². The number of carboxylic acids is 1. The van der Waals surface area contributed by atoms with Gasteiger partial charge in [-0.3, -0.25) is 4.79 Å². The van der Waals surface area contributed by atoms with Crippen molar-refractivity contribution in [1.29, 1.82) is 0 Å². The summed E-state index contributed by atoms with van der Waals surface area (Å²) in [5.74, 6) is -1.57. The molecule has 0 aliphatic heterocycles. The predicted molar refractivity (Wildman–Crippen MR) is 145 cm³/mol. The zero-order valence-electron chi connectivity index (χ0n) is 20.0. The lowest BCUT2D eigenvalue weighted by Gasteiger charge is -2.13. The molecule has 0 aliphatic rings. The Morgan fingerprint density at radius 1 is 0.865 bits per heavy atom. The number of benzene rings is 4. The van der Waals surface area contributed by atoms with Gasteiger partial charge >= 0.3 is 5.97 Å². The highest BCUT2D eigenvalue weighted by Gasteiger charge is 2.19. The highest BCUT2D eigenvalue weighted by atomic mass is 16.4. The van der Waals surface area contributed by atoms with Gasteiger partial charge in [0.15, 0.2) is 0 Å². The van der Waals surface area contributed by atoms with Crippen LogP contribution in [-0.4, -0.2) is 32.8 Å². The van der Waals surface area contributed by atoms with Crippen molar-refractivity contribution in [3.8, 4) is 16.9 Å². The van der Waals surface area contributed by atoms with Crippen LogP contribution in [0.25, 0.3) is 33.8 Å². The van der Waals surface area contributed by atoms with Crippen LogP contribution in [0.1, 0.15) is 11.1 Å². The minimum Gasteiger partial charge on any atom is -0.480 e. The molecule has 1 unspecified atom stereocenters. The summed E-state index contributed by atoms with van der Waals surface area (Å²) in [6.45, 7) is 0. The molecule has 5 aromatic rings. The number of amides is 1. The maximum absolute atomic E-state index is 12.7. The van der Waals surface area contributed by atoms with Crippen molar-refractivity contribution < 1.29 is 14.7 Å². The van der Waals surface area contributed by atoms with Crippen LogP contribution in [0.15, 0.2) is 115 Å². The van der Waals surface area contributed by atoms with Crippen molar-refractivity contribution in [3.05, 3.63) is 127 Å². The molecule has 4 aromatic carbocycles. The third-order valence-electron chi connectivity index (χ3n) is 6.10. The standard InChI is InChI=1S/C31H25N3O3/c35-29(32-28(31(36)37)19-22-9-3-1-4-10-22)18-17-26-21-34(27-13-5-2-6-14-27)33-30(26)25-16-15-23-11-7-8-12-24(23)20-25/h1-18,20-21,28H,19H2,(H,32,35)(H,36,37)/b18-17-. The maximum atomic E-state index is 12.7. The lowest BCUT2D eigenvalue weighted by molar-refractivity contribution is -0.141. The molecule has 0 fully saturated rings. The quantitative estimate of drug-likeness (QED) is 0.282. The molecule has 1 atom stereocenters. The number of carbonyl (C=O) groups excluding carboxylic acids is 1. The molecule has 0 saturated carbocycles. The predicted octanol–water partition coefficient (Wildman–Crippen LogP) is 5.52. The minimum absolute atomic E-state index is 0.198. The topological polar surface area (TPSA) is 84.2 Å². The van der Waals surface area contributed by atoms with Gasteiger partial charge in [-0.15, -0.1) is 0 Å². The number of fused-ring (bicyclic) bond motifs is 1. The Hall–Kier alpha value is -4.97. The zero-order valence-corrected chi connectivity index (χ0v) is 20.0. The third-order valence-corrected chi connectivity index (χ3v) is 6.10. The number of nitrogens with one attached hydrogen (secondary N) is 1. The highest BCUT2D eigenvalue weighted by molar-refractivity contribution is 5.95. The average Bonchev–Trinajstić information content (AvgIpc) is 3.37. The number of para-hydroxylation sites is 1. The van der Waals surface area contributed by atoms with E-state index in [9.17, 15) is 14.7 Å². The van der Waals surface area contributed by atoms with Crippen LogP contribution in [-0.2, 0) is 16.0 Å². The Morgan fingerprint density at radius 3 is 2.27 bits per heavy atom. The van der Waals surface area contributed by atoms with Crippen LogP contribution >= 0.6 is 0 Å². The molecule has 1 aromatic heterocycles. The summed E-state index contributed by atoms with van der Waals surface area (Å²) in [5.41, 5.74) is 4.10. The SMILES string of the molecule is O=C(/C=C\c1cn(-c2ccccc2)nc1-c1ccc2ccccc2c1)NC(Cc1ccccc1)C(=O)O. The Morgan fingerprint density at radius 2 is 1.54 bits per heavy atom. The number of hydrogen-bond donors (Lipinski definition) is 2. The monoisotopic (exact) mass is 487 g/mol. The van der Waals surface area contributed by atoms with Crippen molar-refractivity contribution in [2.75, 3.05) is 0 Å². The molecule has 1 heterocycles. The molecule has 6 heteroatoms. The minimum atomic E-state index is -1.08. The van der Waals surface area contributed by atoms with Crippen LogP contribution in [0.4, 0.5) is 0 Å². The highest BCUT2D eigenvalue weighted by Crippen LogP contribution is 2.28. The number of rotatable bonds is 8. The summed E-state index contributed by atoms with van der Waals surface area (Å²) in [7, 11) is 0. The van der Waals surface area contributed by atoms with Crippen molar-refractivity contribution in [2.24, 2.45) is 0 Å². The molecule has 2 N–H and O–H groups in total. The first-order valence-electron chi connectivity index (χ1n) is 12.0. The van der Waals surface area contributed by atoms with E-state index in [-0.39, 0.29) is 6.42 Å². The third kappa shape index (κ3) is 5.65. The van der Waals surface area contributed by atoms with Gasteiger partial charge in [0, 0.05) is 29.8 Å². The molecular weight excluding hydrogens is 462 g/mol. The lowest BCUT2D eigenvalue weighted by Crippen LogP contribution is -2.41. The van der Waals surface area contributed by atoms with E-state index in [0.29, 0.717) is 0 Å². The molecule has 0 aliphatic carbocycles. The molecule has 0 spiro atoms. The molecular formula is C31H25N3O3. The number of carbonyl (C=O) groups is 2. The fourth-order valence-electron chi connectivity index (χ4n) is 4.22. The normalized spacial score (nSPS) is 12.0. The second-order valence-electron chi connectivity index (χ2n) is 8.70. The van der Waals surface area contributed by atoms with Gasteiger partial charge in [0.25, 0.3) is 0 Å². The fourth-order valence-corrected chi connectivity index (χ4v) is 4.22. The number of aliphatic carboxylic acids is 1. The summed E-state index contributed by atoms with van der Waals surface area (Å²) in [4.78, 5) is 24.5. The van der Waals surface area contributed by atoms with Gasteiger partial charge in [0.1, 0.15) is 6.04 Å². The summed E-state index contributed by atoms with van der Waals surface area (Å²) in [6.07, 6.45) is 5.10. The zero-order chi connectivity index (χ0) is 25.6. The van der Waals surface area contributed by atoms with Gasteiger partial charge < -0.3 is 10.4 Å². The van der Waals surface area contributed by atoms with Gasteiger partial charge in [-0.25, -0.2) is 9.48 Å². The van der Waals surface area contributed by atoms with E-state index in [2.05, 4.69) is 23.5 Å². The number of aromatic nitrogens is 2. The molecule has 37 heavy (non-hydrogen) atoms. The van der Waals surface area contributed by atoms with E-state index in [4.69, 9.17) is 5.10 Å². The molecule has 0 saturated heterocycles. The number of nitrogens with zero attached hydrogens (tertiary/aromatic N) is 2. The van der Waals surface area contributed by atoms with E-state index in [1.54, 1.807) is 10.8 Å². The van der Waals surface area contributed by atoms with Gasteiger partial charge in [-0.05, 0) is 40.6 Å². The summed E-state index contributed by atoms with van der Waals surface area (Å²) in [5, 5.41) is 19.3. The lowest BCUT2D eigenvalue weighted by atomic mass is 10.0. The Balaban J connectivity index is 1.44. The summed E-state index contributed by atoms with van der Waals surface area (Å²) < 4.78 is 1.78. The van der Waals surface area contributed by atoms with Crippen molar-refractivity contribution in [2.45, 2.75) is 12.5 Å².